The Labute approximate surface area is 147 Å². The van der Waals surface area contributed by atoms with E-state index in [0.717, 1.165) is 5.56 Å². The maximum atomic E-state index is 13.0. The molecule has 1 N–H and O–H groups in total. The summed E-state index contributed by atoms with van der Waals surface area (Å²) in [5, 5.41) is 3.23. The van der Waals surface area contributed by atoms with Gasteiger partial charge in [0.25, 0.3) is 5.91 Å². The Bertz CT molecular complexity index is 739. The monoisotopic (exact) mass is 339 g/mol. The number of para-hydroxylation sites is 1. The maximum absolute atomic E-state index is 13.0. The van der Waals surface area contributed by atoms with E-state index in [1.165, 1.54) is 37.8 Å². The van der Waals surface area contributed by atoms with E-state index in [1.54, 1.807) is 18.2 Å². The van der Waals surface area contributed by atoms with Crippen LogP contribution in [0.1, 0.15) is 41.6 Å². The van der Waals surface area contributed by atoms with E-state index in [0.29, 0.717) is 35.8 Å². The molecule has 2 aliphatic carbocycles. The van der Waals surface area contributed by atoms with Crippen molar-refractivity contribution in [2.75, 3.05) is 0 Å². The molecule has 130 valence electrons. The summed E-state index contributed by atoms with van der Waals surface area (Å²) < 4.78 is 18.8. The van der Waals surface area contributed by atoms with Gasteiger partial charge in [0.1, 0.15) is 18.2 Å². The lowest BCUT2D eigenvalue weighted by molar-refractivity contribution is 0.0921. The fraction of sp³-hybridized carbons (Fsp3) is 0.381. The second kappa shape index (κ2) is 6.87. The fourth-order valence-corrected chi connectivity index (χ4v) is 3.28. The van der Waals surface area contributed by atoms with Crippen LogP contribution in [0, 0.1) is 17.7 Å². The summed E-state index contributed by atoms with van der Waals surface area (Å²) in [6.07, 6.45) is 4.91. The van der Waals surface area contributed by atoms with Crippen molar-refractivity contribution in [3.63, 3.8) is 0 Å². The van der Waals surface area contributed by atoms with E-state index in [2.05, 4.69) is 5.32 Å². The highest BCUT2D eigenvalue weighted by atomic mass is 19.1. The average molecular weight is 339 g/mol. The lowest BCUT2D eigenvalue weighted by atomic mass is 10.1. The fourth-order valence-electron chi connectivity index (χ4n) is 3.28. The molecule has 0 bridgehead atoms. The van der Waals surface area contributed by atoms with E-state index in [9.17, 15) is 9.18 Å². The molecule has 4 rings (SSSR count). The minimum atomic E-state index is -0.269. The summed E-state index contributed by atoms with van der Waals surface area (Å²) in [7, 11) is 0. The first kappa shape index (κ1) is 16.1. The molecule has 2 saturated carbocycles. The molecule has 4 heteroatoms. The third-order valence-corrected chi connectivity index (χ3v) is 5.00. The number of carbonyl (C=O) groups is 1. The molecule has 2 fully saturated rings. The number of amides is 1. The van der Waals surface area contributed by atoms with Gasteiger partial charge >= 0.3 is 0 Å². The molecule has 3 nitrogen and oxygen atoms in total. The highest BCUT2D eigenvalue weighted by molar-refractivity contribution is 5.97. The molecule has 2 aromatic carbocycles. The Hall–Kier alpha value is -2.36. The summed E-state index contributed by atoms with van der Waals surface area (Å²) >= 11 is 0. The van der Waals surface area contributed by atoms with Gasteiger partial charge in [0, 0.05) is 6.04 Å². The molecule has 0 heterocycles. The van der Waals surface area contributed by atoms with Gasteiger partial charge in [-0.3, -0.25) is 4.79 Å². The van der Waals surface area contributed by atoms with Gasteiger partial charge in [0.05, 0.1) is 5.56 Å². The smallest absolute Gasteiger partial charge is 0.255 e. The Morgan fingerprint density at radius 2 is 1.68 bits per heavy atom. The minimum absolute atomic E-state index is 0.0569. The van der Waals surface area contributed by atoms with Gasteiger partial charge in [0.2, 0.25) is 0 Å². The van der Waals surface area contributed by atoms with Gasteiger partial charge in [-0.05, 0) is 67.3 Å². The van der Waals surface area contributed by atoms with Crippen molar-refractivity contribution in [2.45, 2.75) is 38.3 Å². The largest absolute Gasteiger partial charge is 0.488 e. The number of rotatable bonds is 7. The molecule has 1 amide bonds. The Morgan fingerprint density at radius 1 is 1.04 bits per heavy atom. The van der Waals surface area contributed by atoms with E-state index < -0.39 is 0 Å². The number of hydrogen-bond acceptors (Lipinski definition) is 2. The van der Waals surface area contributed by atoms with Crippen LogP contribution in [0.25, 0.3) is 0 Å². The predicted molar refractivity (Wildman–Crippen MR) is 93.9 cm³/mol. The first-order valence-electron chi connectivity index (χ1n) is 8.98. The van der Waals surface area contributed by atoms with E-state index in [-0.39, 0.29) is 11.7 Å². The summed E-state index contributed by atoms with van der Waals surface area (Å²) in [5.41, 5.74) is 1.43. The number of benzene rings is 2. The third-order valence-electron chi connectivity index (χ3n) is 5.00. The molecule has 25 heavy (non-hydrogen) atoms. The molecule has 2 aliphatic rings. The van der Waals surface area contributed by atoms with Crippen LogP contribution in [0.2, 0.25) is 0 Å². The normalized spacial score (nSPS) is 16.7. The van der Waals surface area contributed by atoms with Crippen LogP contribution < -0.4 is 10.1 Å². The highest BCUT2D eigenvalue weighted by Gasteiger charge is 2.42. The van der Waals surface area contributed by atoms with Gasteiger partial charge in [-0.2, -0.15) is 0 Å². The summed E-state index contributed by atoms with van der Waals surface area (Å²) in [4.78, 5) is 12.8. The van der Waals surface area contributed by atoms with Gasteiger partial charge in [0.15, 0.2) is 0 Å². The molecule has 0 aliphatic heterocycles. The summed E-state index contributed by atoms with van der Waals surface area (Å²) in [5.74, 6) is 1.55. The molecule has 0 aromatic heterocycles. The Kier molecular flexibility index (Phi) is 4.43. The molecular weight excluding hydrogens is 317 g/mol. The van der Waals surface area contributed by atoms with Crippen LogP contribution in [-0.2, 0) is 6.61 Å². The third kappa shape index (κ3) is 4.01. The van der Waals surface area contributed by atoms with E-state index in [1.807, 2.05) is 18.2 Å². The first-order chi connectivity index (χ1) is 12.2. The van der Waals surface area contributed by atoms with Crippen molar-refractivity contribution in [3.05, 3.63) is 65.5 Å². The van der Waals surface area contributed by atoms with Crippen LogP contribution in [0.4, 0.5) is 4.39 Å². The molecule has 0 saturated heterocycles. The molecule has 0 radical (unpaired) electrons. The number of carbonyl (C=O) groups excluding carboxylic acids is 1. The topological polar surface area (TPSA) is 38.3 Å². The van der Waals surface area contributed by atoms with E-state index >= 15 is 0 Å². The molecular formula is C21H22FNO2. The van der Waals surface area contributed by atoms with Crippen molar-refractivity contribution >= 4 is 5.91 Å². The minimum Gasteiger partial charge on any atom is -0.488 e. The van der Waals surface area contributed by atoms with Gasteiger partial charge < -0.3 is 10.1 Å². The SMILES string of the molecule is O=C(NC(C1CC1)C1CC1)c1ccccc1OCc1ccc(F)cc1. The summed E-state index contributed by atoms with van der Waals surface area (Å²) in [6.45, 7) is 0.305. The number of nitrogens with one attached hydrogen (secondary N) is 1. The molecule has 0 unspecified atom stereocenters. The lowest BCUT2D eigenvalue weighted by Crippen LogP contribution is -2.38. The van der Waals surface area contributed by atoms with Gasteiger partial charge in [-0.1, -0.05) is 24.3 Å². The van der Waals surface area contributed by atoms with Crippen LogP contribution in [0.15, 0.2) is 48.5 Å². The van der Waals surface area contributed by atoms with Crippen molar-refractivity contribution in [3.8, 4) is 5.75 Å². The van der Waals surface area contributed by atoms with Crippen LogP contribution in [0.3, 0.4) is 0 Å². The van der Waals surface area contributed by atoms with Crippen LogP contribution in [0.5, 0.6) is 5.75 Å². The average Bonchev–Trinajstić information content (AvgIpc) is 3.53. The van der Waals surface area contributed by atoms with Crippen molar-refractivity contribution in [2.24, 2.45) is 11.8 Å². The Morgan fingerprint density at radius 3 is 2.32 bits per heavy atom. The molecule has 0 spiro atoms. The quantitative estimate of drug-likeness (QED) is 0.816. The maximum Gasteiger partial charge on any atom is 0.255 e. The first-order valence-corrected chi connectivity index (χ1v) is 8.98. The molecule has 2 aromatic rings. The highest BCUT2D eigenvalue weighted by Crippen LogP contribution is 2.44. The van der Waals surface area contributed by atoms with Crippen molar-refractivity contribution < 1.29 is 13.9 Å². The number of hydrogen-bond donors (Lipinski definition) is 1. The lowest BCUT2D eigenvalue weighted by Gasteiger charge is -2.19. The van der Waals surface area contributed by atoms with Gasteiger partial charge in [-0.25, -0.2) is 4.39 Å². The van der Waals surface area contributed by atoms with Gasteiger partial charge in [-0.15, -0.1) is 0 Å². The van der Waals surface area contributed by atoms with Crippen LogP contribution >= 0.6 is 0 Å². The second-order valence-electron chi connectivity index (χ2n) is 7.09. The van der Waals surface area contributed by atoms with Crippen molar-refractivity contribution in [1.82, 2.24) is 5.32 Å². The van der Waals surface area contributed by atoms with Crippen molar-refractivity contribution in [1.29, 1.82) is 0 Å². The standard InChI is InChI=1S/C21H22FNO2/c22-17-11-5-14(6-12-17)13-25-19-4-2-1-3-18(19)21(24)23-20(15-7-8-15)16-9-10-16/h1-6,11-12,15-16,20H,7-10,13H2,(H,23,24). The molecule has 0 atom stereocenters. The number of ether oxygens (including phenoxy) is 1. The zero-order chi connectivity index (χ0) is 17.2. The zero-order valence-corrected chi connectivity index (χ0v) is 14.1. The zero-order valence-electron chi connectivity index (χ0n) is 14.1. The predicted octanol–water partition coefficient (Wildman–Crippen LogP) is 4.32. The number of halogens is 1. The van der Waals surface area contributed by atoms with E-state index in [4.69, 9.17) is 4.74 Å². The second-order valence-corrected chi connectivity index (χ2v) is 7.09. The summed E-state index contributed by atoms with van der Waals surface area (Å²) in [6, 6.07) is 13.8. The Balaban J connectivity index is 1.44. The van der Waals surface area contributed by atoms with Crippen LogP contribution in [-0.4, -0.2) is 11.9 Å².